The molecule has 128 valence electrons. The second kappa shape index (κ2) is 6.51. The van der Waals surface area contributed by atoms with Crippen LogP contribution in [0.1, 0.15) is 35.6 Å². The van der Waals surface area contributed by atoms with Crippen LogP contribution in [0.4, 0.5) is 0 Å². The van der Waals surface area contributed by atoms with Gasteiger partial charge in [0, 0.05) is 31.3 Å². The molecule has 7 heteroatoms. The number of amides is 2. The van der Waals surface area contributed by atoms with Gasteiger partial charge < -0.3 is 14.6 Å². The van der Waals surface area contributed by atoms with E-state index in [1.807, 2.05) is 27.0 Å². The van der Waals surface area contributed by atoms with E-state index in [1.54, 1.807) is 21.9 Å². The SMILES string of the molecule is Cc1nn(C)c(C)c1CNC(=O)C1CCC(=O)N1Cc1ccco1. The Morgan fingerprint density at radius 2 is 2.25 bits per heavy atom. The molecule has 1 fully saturated rings. The molecule has 0 radical (unpaired) electrons. The largest absolute Gasteiger partial charge is 0.467 e. The fourth-order valence-electron chi connectivity index (χ4n) is 3.14. The third-order valence-corrected chi connectivity index (χ3v) is 4.64. The highest BCUT2D eigenvalue weighted by atomic mass is 16.3. The molecule has 0 spiro atoms. The van der Waals surface area contributed by atoms with Crippen LogP contribution in [0.3, 0.4) is 0 Å². The molecule has 24 heavy (non-hydrogen) atoms. The third-order valence-electron chi connectivity index (χ3n) is 4.64. The van der Waals surface area contributed by atoms with E-state index in [2.05, 4.69) is 10.4 Å². The molecule has 0 aliphatic carbocycles. The van der Waals surface area contributed by atoms with E-state index >= 15 is 0 Å². The van der Waals surface area contributed by atoms with Crippen LogP contribution in [0.2, 0.25) is 0 Å². The van der Waals surface area contributed by atoms with Gasteiger partial charge in [-0.15, -0.1) is 0 Å². The van der Waals surface area contributed by atoms with Gasteiger partial charge >= 0.3 is 0 Å². The maximum Gasteiger partial charge on any atom is 0.243 e. The molecule has 0 aromatic carbocycles. The fourth-order valence-corrected chi connectivity index (χ4v) is 3.14. The molecule has 1 N–H and O–H groups in total. The summed E-state index contributed by atoms with van der Waals surface area (Å²) < 4.78 is 7.10. The fraction of sp³-hybridized carbons (Fsp3) is 0.471. The topological polar surface area (TPSA) is 80.4 Å². The Morgan fingerprint density at radius 3 is 2.88 bits per heavy atom. The van der Waals surface area contributed by atoms with E-state index in [9.17, 15) is 9.59 Å². The lowest BCUT2D eigenvalue weighted by molar-refractivity contribution is -0.136. The Morgan fingerprint density at radius 1 is 1.46 bits per heavy atom. The summed E-state index contributed by atoms with van der Waals surface area (Å²) in [4.78, 5) is 26.3. The van der Waals surface area contributed by atoms with Crippen LogP contribution >= 0.6 is 0 Å². The van der Waals surface area contributed by atoms with Gasteiger partial charge in [-0.1, -0.05) is 0 Å². The summed E-state index contributed by atoms with van der Waals surface area (Å²) in [5.41, 5.74) is 2.96. The minimum absolute atomic E-state index is 0.0136. The van der Waals surface area contributed by atoms with Gasteiger partial charge in [-0.2, -0.15) is 5.10 Å². The Hall–Kier alpha value is -2.57. The molecule has 0 saturated carbocycles. The number of hydrogen-bond acceptors (Lipinski definition) is 4. The number of nitrogens with zero attached hydrogens (tertiary/aromatic N) is 3. The van der Waals surface area contributed by atoms with Crippen LogP contribution in [0.25, 0.3) is 0 Å². The summed E-state index contributed by atoms with van der Waals surface area (Å²) in [5.74, 6) is 0.539. The molecule has 1 saturated heterocycles. The van der Waals surface area contributed by atoms with Crippen LogP contribution in [-0.4, -0.2) is 32.5 Å². The van der Waals surface area contributed by atoms with Gasteiger partial charge in [0.2, 0.25) is 11.8 Å². The van der Waals surface area contributed by atoms with E-state index in [4.69, 9.17) is 4.42 Å². The second-order valence-corrected chi connectivity index (χ2v) is 6.15. The number of likely N-dealkylation sites (tertiary alicyclic amines) is 1. The number of carbonyl (C=O) groups excluding carboxylic acids is 2. The van der Waals surface area contributed by atoms with E-state index in [0.29, 0.717) is 31.7 Å². The van der Waals surface area contributed by atoms with Gasteiger partial charge in [-0.3, -0.25) is 14.3 Å². The predicted octanol–water partition coefficient (Wildman–Crippen LogP) is 1.44. The van der Waals surface area contributed by atoms with Crippen molar-refractivity contribution in [3.8, 4) is 0 Å². The van der Waals surface area contributed by atoms with Crippen molar-refractivity contribution in [2.24, 2.45) is 7.05 Å². The Bertz CT molecular complexity index is 748. The third kappa shape index (κ3) is 3.06. The van der Waals surface area contributed by atoms with E-state index < -0.39 is 6.04 Å². The monoisotopic (exact) mass is 330 g/mol. The average Bonchev–Trinajstić information content (AvgIpc) is 3.23. The van der Waals surface area contributed by atoms with Gasteiger partial charge in [0.05, 0.1) is 18.5 Å². The van der Waals surface area contributed by atoms with Crippen molar-refractivity contribution in [2.45, 2.75) is 45.8 Å². The standard InChI is InChI=1S/C17H22N4O3/c1-11-14(12(2)20(3)19-11)9-18-17(23)15-6-7-16(22)21(15)10-13-5-4-8-24-13/h4-5,8,15H,6-7,9-10H2,1-3H3,(H,18,23). The molecule has 1 aliphatic rings. The summed E-state index contributed by atoms with van der Waals surface area (Å²) in [5, 5.41) is 7.30. The number of aryl methyl sites for hydroxylation is 2. The first-order chi connectivity index (χ1) is 11.5. The molecular weight excluding hydrogens is 308 g/mol. The summed E-state index contributed by atoms with van der Waals surface area (Å²) >= 11 is 0. The Labute approximate surface area is 140 Å². The number of furan rings is 1. The van der Waals surface area contributed by atoms with Crippen LogP contribution in [0, 0.1) is 13.8 Å². The number of hydrogen-bond donors (Lipinski definition) is 1. The highest BCUT2D eigenvalue weighted by Gasteiger charge is 2.36. The molecule has 3 rings (SSSR count). The van der Waals surface area contributed by atoms with Gasteiger partial charge in [0.1, 0.15) is 11.8 Å². The molecule has 1 unspecified atom stereocenters. The number of rotatable bonds is 5. The zero-order valence-electron chi connectivity index (χ0n) is 14.2. The van der Waals surface area contributed by atoms with Crippen LogP contribution in [0.15, 0.2) is 22.8 Å². The van der Waals surface area contributed by atoms with E-state index in [1.165, 1.54) is 0 Å². The minimum atomic E-state index is -0.445. The van der Waals surface area contributed by atoms with Crippen molar-refractivity contribution in [2.75, 3.05) is 0 Å². The first-order valence-corrected chi connectivity index (χ1v) is 8.06. The predicted molar refractivity (Wildman–Crippen MR) is 86.8 cm³/mol. The van der Waals surface area contributed by atoms with Gasteiger partial charge in [0.15, 0.2) is 0 Å². The normalized spacial score (nSPS) is 17.5. The minimum Gasteiger partial charge on any atom is -0.467 e. The lowest BCUT2D eigenvalue weighted by Crippen LogP contribution is -2.44. The van der Waals surface area contributed by atoms with Gasteiger partial charge in [-0.05, 0) is 32.4 Å². The first-order valence-electron chi connectivity index (χ1n) is 8.06. The lowest BCUT2D eigenvalue weighted by Gasteiger charge is -2.23. The summed E-state index contributed by atoms with van der Waals surface area (Å²) in [6.07, 6.45) is 2.50. The van der Waals surface area contributed by atoms with Gasteiger partial charge in [-0.25, -0.2) is 0 Å². The summed E-state index contributed by atoms with van der Waals surface area (Å²) in [6.45, 7) is 4.65. The summed E-state index contributed by atoms with van der Waals surface area (Å²) in [6, 6.07) is 3.14. The molecule has 0 bridgehead atoms. The molecule has 2 amide bonds. The molecular formula is C17H22N4O3. The van der Waals surface area contributed by atoms with Crippen molar-refractivity contribution in [3.63, 3.8) is 0 Å². The number of nitrogens with one attached hydrogen (secondary N) is 1. The highest BCUT2D eigenvalue weighted by molar-refractivity contribution is 5.90. The van der Waals surface area contributed by atoms with Crippen LogP contribution in [0.5, 0.6) is 0 Å². The Kier molecular flexibility index (Phi) is 4.42. The van der Waals surface area contributed by atoms with E-state index in [0.717, 1.165) is 17.0 Å². The quantitative estimate of drug-likeness (QED) is 0.899. The summed E-state index contributed by atoms with van der Waals surface area (Å²) in [7, 11) is 1.88. The molecule has 3 heterocycles. The van der Waals surface area contributed by atoms with Gasteiger partial charge in [0.25, 0.3) is 0 Å². The zero-order valence-corrected chi connectivity index (χ0v) is 14.2. The number of carbonyl (C=O) groups is 2. The number of aromatic nitrogens is 2. The maximum atomic E-state index is 12.6. The van der Waals surface area contributed by atoms with Crippen molar-refractivity contribution in [1.29, 1.82) is 0 Å². The average molecular weight is 330 g/mol. The van der Waals surface area contributed by atoms with Crippen molar-refractivity contribution < 1.29 is 14.0 Å². The lowest BCUT2D eigenvalue weighted by atomic mass is 10.1. The Balaban J connectivity index is 1.66. The highest BCUT2D eigenvalue weighted by Crippen LogP contribution is 2.22. The van der Waals surface area contributed by atoms with Crippen molar-refractivity contribution in [3.05, 3.63) is 41.1 Å². The van der Waals surface area contributed by atoms with Crippen LogP contribution in [-0.2, 0) is 29.7 Å². The molecule has 1 atom stereocenters. The smallest absolute Gasteiger partial charge is 0.243 e. The second-order valence-electron chi connectivity index (χ2n) is 6.15. The van der Waals surface area contributed by atoms with E-state index in [-0.39, 0.29) is 11.8 Å². The van der Waals surface area contributed by atoms with Crippen molar-refractivity contribution >= 4 is 11.8 Å². The molecule has 2 aromatic rings. The molecule has 7 nitrogen and oxygen atoms in total. The first kappa shape index (κ1) is 16.3. The van der Waals surface area contributed by atoms with Crippen molar-refractivity contribution in [1.82, 2.24) is 20.0 Å². The van der Waals surface area contributed by atoms with Crippen LogP contribution < -0.4 is 5.32 Å². The maximum absolute atomic E-state index is 12.6. The molecule has 2 aromatic heterocycles. The molecule has 1 aliphatic heterocycles. The zero-order chi connectivity index (χ0) is 17.3.